The zero-order valence-corrected chi connectivity index (χ0v) is 17.3. The number of hydrogen-bond acceptors (Lipinski definition) is 5. The number of aryl methyl sites for hydroxylation is 2. The predicted molar refractivity (Wildman–Crippen MR) is 110 cm³/mol. The fourth-order valence-corrected chi connectivity index (χ4v) is 3.67. The van der Waals surface area contributed by atoms with Crippen LogP contribution in [0.4, 0.5) is 0 Å². The van der Waals surface area contributed by atoms with Gasteiger partial charge in [-0.25, -0.2) is 0 Å². The average molecular weight is 428 g/mol. The average Bonchev–Trinajstić information content (AvgIpc) is 3.44. The normalized spacial score (nSPS) is 15.1. The van der Waals surface area contributed by atoms with Crippen LogP contribution < -0.4 is 10.6 Å². The van der Waals surface area contributed by atoms with Crippen LogP contribution in [0.5, 0.6) is 0 Å². The minimum Gasteiger partial charge on any atom is -0.354 e. The van der Waals surface area contributed by atoms with Gasteiger partial charge in [0.2, 0.25) is 5.91 Å². The van der Waals surface area contributed by atoms with Gasteiger partial charge in [0.15, 0.2) is 5.82 Å². The number of amides is 2. The topological polar surface area (TPSA) is 107 Å². The molecule has 0 radical (unpaired) electrons. The first-order valence-electron chi connectivity index (χ1n) is 9.74. The third-order valence-corrected chi connectivity index (χ3v) is 5.32. The first kappa shape index (κ1) is 20.1. The van der Waals surface area contributed by atoms with E-state index in [1.165, 1.54) is 0 Å². The maximum atomic E-state index is 12.8. The number of halogens is 1. The Morgan fingerprint density at radius 1 is 1.17 bits per heavy atom. The Morgan fingerprint density at radius 2 is 1.97 bits per heavy atom. The molecule has 1 unspecified atom stereocenters. The molecule has 1 aliphatic heterocycles. The number of benzene rings is 1. The van der Waals surface area contributed by atoms with Crippen molar-refractivity contribution in [2.75, 3.05) is 6.54 Å². The van der Waals surface area contributed by atoms with E-state index >= 15 is 0 Å². The highest BCUT2D eigenvalue weighted by molar-refractivity contribution is 6.30. The molecule has 4 rings (SSSR count). The van der Waals surface area contributed by atoms with Gasteiger partial charge < -0.3 is 15.2 Å². The van der Waals surface area contributed by atoms with Gasteiger partial charge in [-0.05, 0) is 36.6 Å². The lowest BCUT2D eigenvalue weighted by Gasteiger charge is -2.15. The molecule has 3 aromatic rings. The molecule has 0 aliphatic carbocycles. The molecule has 0 saturated carbocycles. The lowest BCUT2D eigenvalue weighted by molar-refractivity contribution is -0.124. The summed E-state index contributed by atoms with van der Waals surface area (Å²) in [6, 6.07) is 8.84. The quantitative estimate of drug-likeness (QED) is 0.593. The molecule has 2 N–H and O–H groups in total. The molecule has 0 bridgehead atoms. The van der Waals surface area contributed by atoms with E-state index in [0.29, 0.717) is 35.9 Å². The van der Waals surface area contributed by atoms with Crippen LogP contribution in [0.25, 0.3) is 0 Å². The number of carbonyl (C=O) groups excluding carboxylic acids is 2. The van der Waals surface area contributed by atoms with Crippen LogP contribution in [0, 0.1) is 0 Å². The fraction of sp³-hybridized carbons (Fsp3) is 0.350. The summed E-state index contributed by atoms with van der Waals surface area (Å²) in [4.78, 5) is 25.0. The van der Waals surface area contributed by atoms with E-state index in [1.807, 2.05) is 28.8 Å². The van der Waals surface area contributed by atoms with Gasteiger partial charge in [-0.15, -0.1) is 10.2 Å². The van der Waals surface area contributed by atoms with E-state index in [2.05, 4.69) is 25.9 Å². The van der Waals surface area contributed by atoms with E-state index in [9.17, 15) is 9.59 Å². The second-order valence-corrected chi connectivity index (χ2v) is 7.62. The van der Waals surface area contributed by atoms with E-state index in [4.69, 9.17) is 11.6 Å². The lowest BCUT2D eigenvalue weighted by atomic mass is 10.1. The number of aromatic nitrogens is 5. The number of hydrogen-bond donors (Lipinski definition) is 2. The predicted octanol–water partition coefficient (Wildman–Crippen LogP) is 1.44. The van der Waals surface area contributed by atoms with E-state index < -0.39 is 0 Å². The summed E-state index contributed by atoms with van der Waals surface area (Å²) in [5, 5.41) is 18.9. The van der Waals surface area contributed by atoms with Crippen LogP contribution in [-0.4, -0.2) is 42.9 Å². The number of nitrogens with zero attached hydrogens (tertiary/aromatic N) is 5. The highest BCUT2D eigenvalue weighted by atomic mass is 35.5. The molecule has 1 aromatic carbocycles. The van der Waals surface area contributed by atoms with Crippen molar-refractivity contribution in [3.8, 4) is 0 Å². The number of nitrogens with one attached hydrogen (secondary N) is 2. The van der Waals surface area contributed by atoms with Gasteiger partial charge in [-0.3, -0.25) is 14.3 Å². The summed E-state index contributed by atoms with van der Waals surface area (Å²) in [6.07, 6.45) is 3.76. The van der Waals surface area contributed by atoms with Crippen molar-refractivity contribution < 1.29 is 9.59 Å². The molecule has 0 fully saturated rings. The monoisotopic (exact) mass is 427 g/mol. The van der Waals surface area contributed by atoms with Crippen molar-refractivity contribution >= 4 is 23.4 Å². The van der Waals surface area contributed by atoms with Gasteiger partial charge in [-0.2, -0.15) is 5.10 Å². The van der Waals surface area contributed by atoms with Crippen molar-refractivity contribution in [3.63, 3.8) is 0 Å². The molecular weight excluding hydrogens is 406 g/mol. The molecule has 10 heteroatoms. The second kappa shape index (κ2) is 8.66. The van der Waals surface area contributed by atoms with E-state index in [-0.39, 0.29) is 24.4 Å². The summed E-state index contributed by atoms with van der Waals surface area (Å²) in [7, 11) is 1.75. The van der Waals surface area contributed by atoms with Crippen molar-refractivity contribution in [2.45, 2.75) is 31.8 Å². The Labute approximate surface area is 178 Å². The Balaban J connectivity index is 1.35. The smallest absolute Gasteiger partial charge is 0.272 e. The first-order chi connectivity index (χ1) is 14.5. The van der Waals surface area contributed by atoms with Gasteiger partial charge in [0.1, 0.15) is 17.6 Å². The summed E-state index contributed by atoms with van der Waals surface area (Å²) in [6.45, 7) is 0.705. The Morgan fingerprint density at radius 3 is 2.70 bits per heavy atom. The zero-order chi connectivity index (χ0) is 21.1. The minimum atomic E-state index is -0.373. The summed E-state index contributed by atoms with van der Waals surface area (Å²) in [5.74, 6) is 0.953. The van der Waals surface area contributed by atoms with Crippen LogP contribution in [0.3, 0.4) is 0 Å². The van der Waals surface area contributed by atoms with Crippen LogP contribution in [0.15, 0.2) is 36.5 Å². The molecule has 30 heavy (non-hydrogen) atoms. The fourth-order valence-electron chi connectivity index (χ4n) is 3.54. The maximum Gasteiger partial charge on any atom is 0.272 e. The highest BCUT2D eigenvalue weighted by Gasteiger charge is 2.32. The molecule has 0 spiro atoms. The molecule has 1 atom stereocenters. The van der Waals surface area contributed by atoms with E-state index in [1.54, 1.807) is 24.0 Å². The lowest BCUT2D eigenvalue weighted by Crippen LogP contribution is -2.34. The number of fused-ring (bicyclic) bond motifs is 1. The first-order valence-corrected chi connectivity index (χ1v) is 10.1. The largest absolute Gasteiger partial charge is 0.354 e. The van der Waals surface area contributed by atoms with Crippen LogP contribution in [0.1, 0.15) is 40.2 Å². The molecular formula is C20H22ClN7O2. The molecule has 156 valence electrons. The van der Waals surface area contributed by atoms with Gasteiger partial charge in [0.25, 0.3) is 5.91 Å². The third kappa shape index (κ3) is 4.35. The molecule has 1 aliphatic rings. The maximum absolute atomic E-state index is 12.8. The zero-order valence-electron chi connectivity index (χ0n) is 16.5. The van der Waals surface area contributed by atoms with Crippen molar-refractivity contribution in [1.82, 2.24) is 35.2 Å². The van der Waals surface area contributed by atoms with Gasteiger partial charge in [0.05, 0.1) is 6.54 Å². The Kier molecular flexibility index (Phi) is 5.80. The van der Waals surface area contributed by atoms with Gasteiger partial charge in [-0.1, -0.05) is 23.7 Å². The third-order valence-electron chi connectivity index (χ3n) is 5.07. The van der Waals surface area contributed by atoms with Crippen LogP contribution in [-0.2, 0) is 31.2 Å². The number of carbonyl (C=O) groups is 2. The van der Waals surface area contributed by atoms with E-state index in [0.717, 1.165) is 17.8 Å². The molecule has 3 heterocycles. The minimum absolute atomic E-state index is 0.0696. The van der Waals surface area contributed by atoms with Crippen molar-refractivity contribution in [1.29, 1.82) is 0 Å². The standard InChI is InChI=1S/C20H22ClN7O2/c1-27-11-9-15(26-27)19(29)23-12-18-25-24-17-7-6-16(28(17)18)20(30)22-10-8-13-2-4-14(21)5-3-13/h2-5,9,11,16H,6-8,10,12H2,1H3,(H,22,30)(H,23,29). The molecule has 2 amide bonds. The molecule has 0 saturated heterocycles. The second-order valence-electron chi connectivity index (χ2n) is 7.18. The van der Waals surface area contributed by atoms with Gasteiger partial charge >= 0.3 is 0 Å². The summed E-state index contributed by atoms with van der Waals surface area (Å²) in [5.41, 5.74) is 1.43. The SMILES string of the molecule is Cn1ccc(C(=O)NCc2nnc3n2C(C(=O)NCCc2ccc(Cl)cc2)CC3)n1. The van der Waals surface area contributed by atoms with Crippen molar-refractivity contribution in [3.05, 3.63) is 64.5 Å². The van der Waals surface area contributed by atoms with Gasteiger partial charge in [0, 0.05) is 31.2 Å². The Hall–Kier alpha value is -3.20. The van der Waals surface area contributed by atoms with Crippen molar-refractivity contribution in [2.24, 2.45) is 7.05 Å². The molecule has 9 nitrogen and oxygen atoms in total. The summed E-state index contributed by atoms with van der Waals surface area (Å²) >= 11 is 5.90. The number of rotatable bonds is 7. The summed E-state index contributed by atoms with van der Waals surface area (Å²) < 4.78 is 3.39. The van der Waals surface area contributed by atoms with Crippen LogP contribution in [0.2, 0.25) is 5.02 Å². The molecule has 2 aromatic heterocycles. The highest BCUT2D eigenvalue weighted by Crippen LogP contribution is 2.26. The Bertz CT molecular complexity index is 1060. The van der Waals surface area contributed by atoms with Crippen LogP contribution >= 0.6 is 11.6 Å².